The molecule has 0 aromatic heterocycles. The third-order valence-corrected chi connectivity index (χ3v) is 31.3. The molecule has 0 spiro atoms. The molecule has 0 saturated carbocycles. The van der Waals surface area contributed by atoms with Gasteiger partial charge in [-0.25, -0.2) is 0 Å². The molecule has 17 heteroatoms. The van der Waals surface area contributed by atoms with Gasteiger partial charge >= 0.3 is 94.4 Å². The zero-order chi connectivity index (χ0) is 14.5. The van der Waals surface area contributed by atoms with E-state index in [0.717, 1.165) is 0 Å². The minimum atomic E-state index is -7.10. The van der Waals surface area contributed by atoms with E-state index in [-0.39, 0.29) is 0 Å². The van der Waals surface area contributed by atoms with Gasteiger partial charge in [0.2, 0.25) is 0 Å². The van der Waals surface area contributed by atoms with Crippen molar-refractivity contribution in [3.63, 3.8) is 0 Å². The summed E-state index contributed by atoms with van der Waals surface area (Å²) in [5.74, 6) is 0. The minimum absolute atomic E-state index is 6.60. The van der Waals surface area contributed by atoms with Crippen LogP contribution in [0.15, 0.2) is 0 Å². The molecule has 0 heterocycles. The van der Waals surface area contributed by atoms with Gasteiger partial charge in [-0.3, -0.25) is 0 Å². The molecule has 0 fully saturated rings. The molecular formula is H4CoO12S4. The fourth-order valence-corrected chi connectivity index (χ4v) is 19.8. The van der Waals surface area contributed by atoms with Crippen LogP contribution in [0.25, 0.3) is 0 Å². The number of hydrogen-bond donors (Lipinski definition) is 4. The van der Waals surface area contributed by atoms with Crippen molar-refractivity contribution in [3.8, 4) is 0 Å². The maximum atomic E-state index is 10.6. The van der Waals surface area contributed by atoms with E-state index >= 15 is 0 Å². The van der Waals surface area contributed by atoms with Crippen LogP contribution in [0.2, 0.25) is 0 Å². The van der Waals surface area contributed by atoms with Gasteiger partial charge in [-0.15, -0.1) is 0 Å². The van der Waals surface area contributed by atoms with Gasteiger partial charge < -0.3 is 0 Å². The zero-order valence-electron chi connectivity index (χ0n) is 7.02. The second-order valence-corrected chi connectivity index (χ2v) is 23.5. The van der Waals surface area contributed by atoms with E-state index in [1.165, 1.54) is 0 Å². The van der Waals surface area contributed by atoms with E-state index in [9.17, 15) is 33.7 Å². The first-order chi connectivity index (χ1) is 7.00. The second-order valence-electron chi connectivity index (χ2n) is 1.89. The molecule has 0 aromatic rings. The average Bonchev–Trinajstić information content (AvgIpc) is 1.67. The predicted molar refractivity (Wildman–Crippen MR) is 46.2 cm³/mol. The summed E-state index contributed by atoms with van der Waals surface area (Å²) in [4.78, 5) is 0. The van der Waals surface area contributed by atoms with Crippen LogP contribution in [0.4, 0.5) is 0 Å². The maximum absolute atomic E-state index is 10.6. The van der Waals surface area contributed by atoms with Crippen LogP contribution in [0.3, 0.4) is 0 Å². The van der Waals surface area contributed by atoms with E-state index in [0.29, 0.717) is 0 Å². The molecule has 0 bridgehead atoms. The van der Waals surface area contributed by atoms with Gasteiger partial charge in [0.1, 0.15) is 0 Å². The molecule has 109 valence electrons. The Morgan fingerprint density at radius 3 is 0.588 bits per heavy atom. The monoisotopic (exact) mass is 383 g/mol. The van der Waals surface area contributed by atoms with Gasteiger partial charge in [-0.2, -0.15) is 0 Å². The molecule has 0 radical (unpaired) electrons. The normalized spacial score (nSPS) is 16.7. The first-order valence-corrected chi connectivity index (χ1v) is 12.9. The third kappa shape index (κ3) is 2.47. The third-order valence-electron chi connectivity index (χ3n) is 0.842. The van der Waals surface area contributed by atoms with Crippen LogP contribution >= 0.6 is 0 Å². The van der Waals surface area contributed by atoms with Crippen LogP contribution in [-0.4, -0.2) is 51.9 Å². The first-order valence-electron chi connectivity index (χ1n) is 2.61. The Labute approximate surface area is 94.2 Å². The predicted octanol–water partition coefficient (Wildman–Crippen LogP) is -2.65. The van der Waals surface area contributed by atoms with E-state index < -0.39 is 42.5 Å². The summed E-state index contributed by atoms with van der Waals surface area (Å²) in [6, 6.07) is 0. The number of rotatable bonds is 4. The summed E-state index contributed by atoms with van der Waals surface area (Å²) in [7, 11) is -33.5. The van der Waals surface area contributed by atoms with E-state index in [2.05, 4.69) is 0 Å². The number of hydrogen-bond acceptors (Lipinski definition) is 8. The van der Waals surface area contributed by atoms with Gasteiger partial charge in [-0.1, -0.05) is 0 Å². The SMILES string of the molecule is O=[S](=O)(O)[Co]([S](=O)(=O)O)([S](=O)(=O)O)[S](=O)(=O)O. The second kappa shape index (κ2) is 4.08. The van der Waals surface area contributed by atoms with Crippen LogP contribution in [0, 0.1) is 0 Å². The van der Waals surface area contributed by atoms with Gasteiger partial charge in [0.25, 0.3) is 0 Å². The molecule has 12 nitrogen and oxygen atoms in total. The van der Waals surface area contributed by atoms with Gasteiger partial charge in [0.15, 0.2) is 0 Å². The van der Waals surface area contributed by atoms with Crippen LogP contribution in [0.5, 0.6) is 0 Å². The summed E-state index contributed by atoms with van der Waals surface area (Å²) in [6.07, 6.45) is 0. The standard InChI is InChI=1S/Co.4HO3S/c;4*1-4(2)3/h;4*(H,1,2,3). The van der Waals surface area contributed by atoms with Crippen LogP contribution in [0.1, 0.15) is 0 Å². The fraction of sp³-hybridized carbons (Fsp3) is 0. The van der Waals surface area contributed by atoms with Gasteiger partial charge in [0, 0.05) is 0 Å². The Balaban J connectivity index is 7.38. The van der Waals surface area contributed by atoms with E-state index in [4.69, 9.17) is 18.2 Å². The molecule has 0 aliphatic carbocycles. The quantitative estimate of drug-likeness (QED) is 0.366. The Bertz CT molecular complexity index is 577. The molecule has 0 atom stereocenters. The van der Waals surface area contributed by atoms with Crippen molar-refractivity contribution in [2.45, 2.75) is 0 Å². The van der Waals surface area contributed by atoms with Gasteiger partial charge in [-0.05, 0) is 0 Å². The van der Waals surface area contributed by atoms with E-state index in [1.807, 2.05) is 0 Å². The summed E-state index contributed by atoms with van der Waals surface area (Å²) < 4.78 is 118. The molecule has 0 aliphatic rings. The van der Waals surface area contributed by atoms with Crippen LogP contribution in [-0.2, 0) is 42.5 Å². The summed E-state index contributed by atoms with van der Waals surface area (Å²) >= 11 is 0. The molecule has 0 unspecified atom stereocenters. The van der Waals surface area contributed by atoms with Crippen LogP contribution < -0.4 is 0 Å². The zero-order valence-corrected chi connectivity index (χ0v) is 11.3. The Morgan fingerprint density at radius 2 is 0.588 bits per heavy atom. The van der Waals surface area contributed by atoms with Crippen molar-refractivity contribution in [3.05, 3.63) is 0 Å². The Morgan fingerprint density at radius 1 is 0.471 bits per heavy atom. The molecule has 17 heavy (non-hydrogen) atoms. The average molecular weight is 383 g/mol. The molecule has 0 aromatic carbocycles. The van der Waals surface area contributed by atoms with Crippen molar-refractivity contribution >= 4 is 34.3 Å². The van der Waals surface area contributed by atoms with E-state index in [1.54, 1.807) is 0 Å². The molecule has 0 rings (SSSR count). The van der Waals surface area contributed by atoms with Crippen molar-refractivity contribution in [2.75, 3.05) is 0 Å². The van der Waals surface area contributed by atoms with Crippen molar-refractivity contribution in [1.82, 2.24) is 0 Å². The Kier molecular flexibility index (Phi) is 4.11. The summed E-state index contributed by atoms with van der Waals surface area (Å²) in [6.45, 7) is 0. The molecule has 0 saturated heterocycles. The molecule has 0 amide bonds. The summed E-state index contributed by atoms with van der Waals surface area (Å²) in [5, 5.41) is 0. The van der Waals surface area contributed by atoms with Gasteiger partial charge in [0.05, 0.1) is 0 Å². The topological polar surface area (TPSA) is 217 Å². The van der Waals surface area contributed by atoms with Crippen molar-refractivity contribution in [2.24, 2.45) is 0 Å². The molecular weight excluding hydrogens is 379 g/mol. The summed E-state index contributed by atoms with van der Waals surface area (Å²) in [5.41, 5.74) is 0. The first kappa shape index (κ1) is 17.1. The molecule has 0 aliphatic heterocycles. The van der Waals surface area contributed by atoms with Crippen molar-refractivity contribution in [1.29, 1.82) is 0 Å². The molecule has 4 N–H and O–H groups in total. The fourth-order valence-electron chi connectivity index (χ4n) is 0.532. The van der Waals surface area contributed by atoms with Crippen molar-refractivity contribution < 1.29 is 60.1 Å². The Hall–Kier alpha value is 0.146.